The van der Waals surface area contributed by atoms with E-state index in [0.29, 0.717) is 12.0 Å². The Kier molecular flexibility index (Phi) is 3.28. The fourth-order valence-corrected chi connectivity index (χ4v) is 1.32. The van der Waals surface area contributed by atoms with Gasteiger partial charge in [0, 0.05) is 6.42 Å². The minimum Gasteiger partial charge on any atom is -0.478 e. The lowest BCUT2D eigenvalue weighted by Crippen LogP contribution is -2.15. The molecule has 0 aliphatic rings. The molecule has 1 aromatic rings. The van der Waals surface area contributed by atoms with Gasteiger partial charge >= 0.3 is 5.97 Å². The summed E-state index contributed by atoms with van der Waals surface area (Å²) in [4.78, 5) is 10.7. The molecule has 15 heavy (non-hydrogen) atoms. The number of hydrogen-bond acceptors (Lipinski definition) is 3. The molecule has 0 spiro atoms. The van der Waals surface area contributed by atoms with Crippen LogP contribution in [0.2, 0.25) is 0 Å². The summed E-state index contributed by atoms with van der Waals surface area (Å²) in [5, 5.41) is 20.0. The summed E-state index contributed by atoms with van der Waals surface area (Å²) in [5.41, 5.74) is 7.07. The maximum Gasteiger partial charge on any atom is 0.335 e. The zero-order valence-corrected chi connectivity index (χ0v) is 8.27. The number of benzene rings is 1. The molecule has 80 valence electrons. The van der Waals surface area contributed by atoms with Crippen LogP contribution in [0.4, 0.5) is 0 Å². The van der Waals surface area contributed by atoms with Crippen molar-refractivity contribution in [2.24, 2.45) is 10.9 Å². The van der Waals surface area contributed by atoms with Crippen molar-refractivity contribution < 1.29 is 15.1 Å². The zero-order valence-electron chi connectivity index (χ0n) is 8.27. The van der Waals surface area contributed by atoms with E-state index in [4.69, 9.17) is 16.0 Å². The van der Waals surface area contributed by atoms with Crippen LogP contribution in [0.3, 0.4) is 0 Å². The number of aromatic carboxylic acids is 1. The fourth-order valence-electron chi connectivity index (χ4n) is 1.32. The number of amidine groups is 1. The van der Waals surface area contributed by atoms with Crippen molar-refractivity contribution in [1.82, 2.24) is 0 Å². The van der Waals surface area contributed by atoms with Gasteiger partial charge in [-0.25, -0.2) is 4.79 Å². The lowest BCUT2D eigenvalue weighted by atomic mass is 10.0. The van der Waals surface area contributed by atoms with Gasteiger partial charge < -0.3 is 16.0 Å². The fraction of sp³-hybridized carbons (Fsp3) is 0.200. The molecule has 0 unspecified atom stereocenters. The molecule has 0 amide bonds. The van der Waals surface area contributed by atoms with Crippen molar-refractivity contribution in [3.63, 3.8) is 0 Å². The summed E-state index contributed by atoms with van der Waals surface area (Å²) in [6.07, 6.45) is 0.303. The molecule has 0 heterocycles. The first-order valence-electron chi connectivity index (χ1n) is 4.34. The Morgan fingerprint density at radius 2 is 2.20 bits per heavy atom. The van der Waals surface area contributed by atoms with Gasteiger partial charge in [-0.1, -0.05) is 17.3 Å². The highest BCUT2D eigenvalue weighted by Crippen LogP contribution is 2.11. The largest absolute Gasteiger partial charge is 0.478 e. The predicted octanol–water partition coefficient (Wildman–Crippen LogP) is 0.982. The zero-order chi connectivity index (χ0) is 11.4. The second kappa shape index (κ2) is 4.45. The first-order chi connectivity index (χ1) is 7.04. The number of aryl methyl sites for hydroxylation is 1. The van der Waals surface area contributed by atoms with Crippen molar-refractivity contribution in [3.05, 3.63) is 34.9 Å². The van der Waals surface area contributed by atoms with Crippen LogP contribution in [0.5, 0.6) is 0 Å². The summed E-state index contributed by atoms with van der Waals surface area (Å²) in [6.45, 7) is 1.71. The number of nitrogens with zero attached hydrogens (tertiary/aromatic N) is 1. The molecule has 0 saturated heterocycles. The molecule has 0 atom stereocenters. The number of oxime groups is 1. The van der Waals surface area contributed by atoms with Crippen LogP contribution in [0.1, 0.15) is 21.5 Å². The molecule has 0 saturated carbocycles. The number of carboxylic acid groups (broad SMARTS) is 1. The van der Waals surface area contributed by atoms with E-state index >= 15 is 0 Å². The molecule has 4 N–H and O–H groups in total. The van der Waals surface area contributed by atoms with E-state index < -0.39 is 5.97 Å². The van der Waals surface area contributed by atoms with E-state index in [-0.39, 0.29) is 11.4 Å². The summed E-state index contributed by atoms with van der Waals surface area (Å²) in [5.74, 6) is -0.861. The highest BCUT2D eigenvalue weighted by atomic mass is 16.4. The molecular formula is C10H12N2O3. The van der Waals surface area contributed by atoms with E-state index in [2.05, 4.69) is 5.16 Å². The number of hydrogen-bond donors (Lipinski definition) is 3. The summed E-state index contributed by atoms with van der Waals surface area (Å²) < 4.78 is 0. The van der Waals surface area contributed by atoms with Crippen molar-refractivity contribution in [2.75, 3.05) is 0 Å². The van der Waals surface area contributed by atoms with Gasteiger partial charge in [-0.3, -0.25) is 0 Å². The molecule has 1 aromatic carbocycles. The topological polar surface area (TPSA) is 95.9 Å². The van der Waals surface area contributed by atoms with Gasteiger partial charge in [0.2, 0.25) is 0 Å². The maximum atomic E-state index is 10.7. The van der Waals surface area contributed by atoms with Crippen molar-refractivity contribution in [3.8, 4) is 0 Å². The third kappa shape index (κ3) is 2.70. The molecule has 0 aliphatic carbocycles. The van der Waals surface area contributed by atoms with Crippen LogP contribution < -0.4 is 5.73 Å². The molecule has 1 rings (SSSR count). The normalized spacial score (nSPS) is 11.4. The average Bonchev–Trinajstić information content (AvgIpc) is 2.17. The van der Waals surface area contributed by atoms with Crippen molar-refractivity contribution in [1.29, 1.82) is 0 Å². The van der Waals surface area contributed by atoms with Gasteiger partial charge in [0.25, 0.3) is 0 Å². The van der Waals surface area contributed by atoms with E-state index in [1.54, 1.807) is 19.1 Å². The van der Waals surface area contributed by atoms with Crippen molar-refractivity contribution in [2.45, 2.75) is 13.3 Å². The molecule has 0 aliphatic heterocycles. The van der Waals surface area contributed by atoms with Crippen LogP contribution in [0, 0.1) is 6.92 Å². The van der Waals surface area contributed by atoms with Gasteiger partial charge in [0.05, 0.1) is 5.56 Å². The van der Waals surface area contributed by atoms with Crippen molar-refractivity contribution >= 4 is 11.8 Å². The molecule has 0 radical (unpaired) electrons. The number of carboxylic acids is 1. The lowest BCUT2D eigenvalue weighted by Gasteiger charge is -2.04. The molecular weight excluding hydrogens is 196 g/mol. The summed E-state index contributed by atoms with van der Waals surface area (Å²) in [6, 6.07) is 4.87. The van der Waals surface area contributed by atoms with E-state index in [9.17, 15) is 4.79 Å². The first kappa shape index (κ1) is 11.0. The Morgan fingerprint density at radius 1 is 1.53 bits per heavy atom. The third-order valence-corrected chi connectivity index (χ3v) is 2.03. The second-order valence-electron chi connectivity index (χ2n) is 3.22. The Hall–Kier alpha value is -2.04. The lowest BCUT2D eigenvalue weighted by molar-refractivity contribution is 0.0696. The monoisotopic (exact) mass is 208 g/mol. The van der Waals surface area contributed by atoms with E-state index in [1.807, 2.05) is 0 Å². The molecule has 0 bridgehead atoms. The minimum atomic E-state index is -0.956. The highest BCUT2D eigenvalue weighted by molar-refractivity contribution is 5.89. The van der Waals surface area contributed by atoms with Gasteiger partial charge in [-0.05, 0) is 24.1 Å². The predicted molar refractivity (Wildman–Crippen MR) is 55.3 cm³/mol. The van der Waals surface area contributed by atoms with Gasteiger partial charge in [-0.2, -0.15) is 0 Å². The molecule has 5 nitrogen and oxygen atoms in total. The third-order valence-electron chi connectivity index (χ3n) is 2.03. The highest BCUT2D eigenvalue weighted by Gasteiger charge is 2.07. The standard InChI is InChI=1S/C10H12N2O3/c1-6-4-7(5-9(11)12-15)2-3-8(6)10(13)14/h2-4,15H,5H2,1H3,(H2,11,12)(H,13,14). The Balaban J connectivity index is 2.97. The van der Waals surface area contributed by atoms with Crippen LogP contribution in [0.25, 0.3) is 0 Å². The molecule has 0 fully saturated rings. The molecule has 0 aromatic heterocycles. The van der Waals surface area contributed by atoms with Crippen LogP contribution in [-0.4, -0.2) is 22.1 Å². The van der Waals surface area contributed by atoms with Crippen LogP contribution in [0.15, 0.2) is 23.4 Å². The number of rotatable bonds is 3. The second-order valence-corrected chi connectivity index (χ2v) is 3.22. The smallest absolute Gasteiger partial charge is 0.335 e. The first-order valence-corrected chi connectivity index (χ1v) is 4.34. The number of nitrogens with two attached hydrogens (primary N) is 1. The Labute approximate surface area is 86.8 Å². The Bertz CT molecular complexity index is 413. The minimum absolute atomic E-state index is 0.0949. The van der Waals surface area contributed by atoms with E-state index in [0.717, 1.165) is 5.56 Å². The maximum absolute atomic E-state index is 10.7. The van der Waals surface area contributed by atoms with Gasteiger partial charge in [-0.15, -0.1) is 0 Å². The van der Waals surface area contributed by atoms with Gasteiger partial charge in [0.1, 0.15) is 5.84 Å². The van der Waals surface area contributed by atoms with Crippen LogP contribution >= 0.6 is 0 Å². The summed E-state index contributed by atoms with van der Waals surface area (Å²) >= 11 is 0. The average molecular weight is 208 g/mol. The number of carbonyl (C=O) groups is 1. The Morgan fingerprint density at radius 3 is 2.67 bits per heavy atom. The van der Waals surface area contributed by atoms with E-state index in [1.165, 1.54) is 6.07 Å². The SMILES string of the molecule is Cc1cc(C/C(N)=N\O)ccc1C(=O)O. The van der Waals surface area contributed by atoms with Gasteiger partial charge in [0.15, 0.2) is 0 Å². The van der Waals surface area contributed by atoms with Crippen LogP contribution in [-0.2, 0) is 6.42 Å². The summed E-state index contributed by atoms with van der Waals surface area (Å²) in [7, 11) is 0. The molecule has 5 heteroatoms. The quantitative estimate of drug-likeness (QED) is 0.298.